The van der Waals surface area contributed by atoms with E-state index in [-0.39, 0.29) is 5.41 Å². The van der Waals surface area contributed by atoms with Gasteiger partial charge in [-0.3, -0.25) is 0 Å². The zero-order chi connectivity index (χ0) is 19.0. The highest BCUT2D eigenvalue weighted by molar-refractivity contribution is 5.53. The van der Waals surface area contributed by atoms with Gasteiger partial charge in [-0.15, -0.1) is 0 Å². The van der Waals surface area contributed by atoms with Crippen molar-refractivity contribution in [2.45, 2.75) is 26.2 Å². The maximum absolute atomic E-state index is 5.32. The lowest BCUT2D eigenvalue weighted by Gasteiger charge is -2.32. The average molecular weight is 348 g/mol. The van der Waals surface area contributed by atoms with Crippen LogP contribution in [0.25, 0.3) is 0 Å². The van der Waals surface area contributed by atoms with Crippen LogP contribution in [0.2, 0.25) is 0 Å². The fraction of sp³-hybridized carbons (Fsp3) is 0.250. The van der Waals surface area contributed by atoms with Crippen molar-refractivity contribution in [2.75, 3.05) is 19.5 Å². The summed E-state index contributed by atoms with van der Waals surface area (Å²) < 4.78 is 5.32. The Morgan fingerprint density at radius 1 is 0.692 bits per heavy atom. The smallest absolute Gasteiger partial charge is 0.118 e. The molecule has 0 fully saturated rings. The third-order valence-electron chi connectivity index (χ3n) is 4.77. The van der Waals surface area contributed by atoms with E-state index in [1.54, 1.807) is 7.11 Å². The SMILES string of the molecule is CC.CNc1ccc(C(C)(c2ccccc2)c2ccc(OC)cc2)cc1. The van der Waals surface area contributed by atoms with Crippen LogP contribution in [0.4, 0.5) is 5.69 Å². The van der Waals surface area contributed by atoms with Gasteiger partial charge in [0.1, 0.15) is 5.75 Å². The molecule has 26 heavy (non-hydrogen) atoms. The van der Waals surface area contributed by atoms with E-state index in [4.69, 9.17) is 4.74 Å². The maximum atomic E-state index is 5.32. The highest BCUT2D eigenvalue weighted by Gasteiger charge is 2.30. The van der Waals surface area contributed by atoms with Crippen molar-refractivity contribution in [1.29, 1.82) is 0 Å². The standard InChI is InChI=1S/C22H23NO.C2H6/c1-22(17-7-5-4-6-8-17,18-9-13-20(23-2)14-10-18)19-11-15-21(24-3)16-12-19;1-2/h4-16,23H,1-3H3;1-2H3. The highest BCUT2D eigenvalue weighted by atomic mass is 16.5. The number of benzene rings is 3. The third-order valence-corrected chi connectivity index (χ3v) is 4.77. The lowest BCUT2D eigenvalue weighted by Crippen LogP contribution is -2.25. The molecule has 1 atom stereocenters. The molecule has 0 bridgehead atoms. The van der Waals surface area contributed by atoms with Gasteiger partial charge < -0.3 is 10.1 Å². The molecule has 1 N–H and O–H groups in total. The fourth-order valence-corrected chi connectivity index (χ4v) is 3.17. The van der Waals surface area contributed by atoms with Gasteiger partial charge in [-0.1, -0.05) is 68.4 Å². The fourth-order valence-electron chi connectivity index (χ4n) is 3.17. The number of nitrogens with one attached hydrogen (secondary N) is 1. The first-order valence-corrected chi connectivity index (χ1v) is 9.17. The van der Waals surface area contributed by atoms with Gasteiger partial charge in [0.05, 0.1) is 7.11 Å². The Morgan fingerprint density at radius 3 is 1.62 bits per heavy atom. The van der Waals surface area contributed by atoms with E-state index in [1.165, 1.54) is 16.7 Å². The first-order valence-electron chi connectivity index (χ1n) is 9.17. The Hall–Kier alpha value is -2.74. The van der Waals surface area contributed by atoms with Crippen molar-refractivity contribution < 1.29 is 4.74 Å². The second-order valence-electron chi connectivity index (χ2n) is 6.05. The summed E-state index contributed by atoms with van der Waals surface area (Å²) in [7, 11) is 3.64. The van der Waals surface area contributed by atoms with Gasteiger partial charge in [0.2, 0.25) is 0 Å². The quantitative estimate of drug-likeness (QED) is 0.562. The van der Waals surface area contributed by atoms with Gasteiger partial charge in [0.15, 0.2) is 0 Å². The van der Waals surface area contributed by atoms with Crippen molar-refractivity contribution in [3.63, 3.8) is 0 Å². The van der Waals surface area contributed by atoms with Crippen LogP contribution in [0.1, 0.15) is 37.5 Å². The molecule has 0 saturated carbocycles. The normalized spacial score (nSPS) is 12.3. The molecule has 0 aliphatic rings. The van der Waals surface area contributed by atoms with Crippen molar-refractivity contribution in [3.8, 4) is 5.75 Å². The molecule has 1 unspecified atom stereocenters. The molecule has 3 rings (SSSR count). The summed E-state index contributed by atoms with van der Waals surface area (Å²) in [5.74, 6) is 0.875. The molecule has 0 aliphatic carbocycles. The number of anilines is 1. The largest absolute Gasteiger partial charge is 0.497 e. The Labute approximate surface area is 157 Å². The van der Waals surface area contributed by atoms with E-state index >= 15 is 0 Å². The van der Waals surface area contributed by atoms with Gasteiger partial charge in [0, 0.05) is 18.2 Å². The lowest BCUT2D eigenvalue weighted by molar-refractivity contribution is 0.414. The summed E-state index contributed by atoms with van der Waals surface area (Å²) in [6, 6.07) is 27.6. The molecule has 2 nitrogen and oxygen atoms in total. The number of hydrogen-bond donors (Lipinski definition) is 1. The van der Waals surface area contributed by atoms with Crippen LogP contribution in [0, 0.1) is 0 Å². The molecule has 0 amide bonds. The summed E-state index contributed by atoms with van der Waals surface area (Å²) in [4.78, 5) is 0. The molecule has 2 heteroatoms. The Bertz CT molecular complexity index is 729. The van der Waals surface area contributed by atoms with E-state index in [0.717, 1.165) is 11.4 Å². The summed E-state index contributed by atoms with van der Waals surface area (Å²) in [6.45, 7) is 6.28. The molecular weight excluding hydrogens is 318 g/mol. The van der Waals surface area contributed by atoms with Crippen LogP contribution in [0.15, 0.2) is 78.9 Å². The summed E-state index contributed by atoms with van der Waals surface area (Å²) in [6.07, 6.45) is 0. The molecule has 3 aromatic carbocycles. The first kappa shape index (κ1) is 19.6. The monoisotopic (exact) mass is 347 g/mol. The predicted octanol–water partition coefficient (Wildman–Crippen LogP) is 6.12. The molecule has 0 spiro atoms. The predicted molar refractivity (Wildman–Crippen MR) is 112 cm³/mol. The Morgan fingerprint density at radius 2 is 1.15 bits per heavy atom. The topological polar surface area (TPSA) is 21.3 Å². The van der Waals surface area contributed by atoms with E-state index < -0.39 is 0 Å². The summed E-state index contributed by atoms with van der Waals surface area (Å²) in [5, 5.41) is 3.18. The summed E-state index contributed by atoms with van der Waals surface area (Å²) >= 11 is 0. The van der Waals surface area contributed by atoms with Crippen molar-refractivity contribution >= 4 is 5.69 Å². The number of hydrogen-bond acceptors (Lipinski definition) is 2. The number of rotatable bonds is 5. The van der Waals surface area contributed by atoms with E-state index in [1.807, 2.05) is 33.0 Å². The van der Waals surface area contributed by atoms with Crippen LogP contribution in [-0.2, 0) is 5.41 Å². The van der Waals surface area contributed by atoms with E-state index in [9.17, 15) is 0 Å². The maximum Gasteiger partial charge on any atom is 0.118 e. The minimum atomic E-state index is -0.222. The first-order chi connectivity index (χ1) is 12.7. The summed E-state index contributed by atoms with van der Waals surface area (Å²) in [5.41, 5.74) is 4.67. The molecular formula is C24H29NO. The zero-order valence-corrected chi connectivity index (χ0v) is 16.4. The van der Waals surface area contributed by atoms with Crippen molar-refractivity contribution in [1.82, 2.24) is 0 Å². The van der Waals surface area contributed by atoms with Crippen LogP contribution in [0.3, 0.4) is 0 Å². The molecule has 0 heterocycles. The molecule has 0 saturated heterocycles. The average Bonchev–Trinajstić information content (AvgIpc) is 2.75. The number of ether oxygens (including phenoxy) is 1. The van der Waals surface area contributed by atoms with Crippen LogP contribution >= 0.6 is 0 Å². The minimum absolute atomic E-state index is 0.222. The van der Waals surface area contributed by atoms with Crippen molar-refractivity contribution in [3.05, 3.63) is 95.6 Å². The third kappa shape index (κ3) is 3.91. The van der Waals surface area contributed by atoms with Gasteiger partial charge in [-0.2, -0.15) is 0 Å². The lowest BCUT2D eigenvalue weighted by atomic mass is 9.71. The highest BCUT2D eigenvalue weighted by Crippen LogP contribution is 2.39. The van der Waals surface area contributed by atoms with Crippen LogP contribution < -0.4 is 10.1 Å². The number of methoxy groups -OCH3 is 1. The molecule has 136 valence electrons. The van der Waals surface area contributed by atoms with E-state index in [0.29, 0.717) is 0 Å². The van der Waals surface area contributed by atoms with Gasteiger partial charge in [-0.05, 0) is 47.9 Å². The molecule has 3 aromatic rings. The molecule has 0 aliphatic heterocycles. The van der Waals surface area contributed by atoms with Crippen LogP contribution in [-0.4, -0.2) is 14.2 Å². The molecule has 0 radical (unpaired) electrons. The van der Waals surface area contributed by atoms with Crippen LogP contribution in [0.5, 0.6) is 5.75 Å². The van der Waals surface area contributed by atoms with Gasteiger partial charge in [0.25, 0.3) is 0 Å². The minimum Gasteiger partial charge on any atom is -0.497 e. The van der Waals surface area contributed by atoms with Gasteiger partial charge >= 0.3 is 0 Å². The Kier molecular flexibility index (Phi) is 6.85. The van der Waals surface area contributed by atoms with Crippen molar-refractivity contribution in [2.24, 2.45) is 0 Å². The van der Waals surface area contributed by atoms with Gasteiger partial charge in [-0.25, -0.2) is 0 Å². The van der Waals surface area contributed by atoms with E-state index in [2.05, 4.69) is 79.0 Å². The zero-order valence-electron chi connectivity index (χ0n) is 16.4. The second kappa shape index (κ2) is 9.10. The molecule has 0 aromatic heterocycles. The second-order valence-corrected chi connectivity index (χ2v) is 6.05. The Balaban J connectivity index is 0.00000117.